The van der Waals surface area contributed by atoms with Crippen LogP contribution < -0.4 is 10.2 Å². The van der Waals surface area contributed by atoms with Gasteiger partial charge in [0.2, 0.25) is 0 Å². The second-order valence-corrected chi connectivity index (χ2v) is 5.84. The maximum Gasteiger partial charge on any atom is 0.0366 e. The maximum atomic E-state index is 3.43. The van der Waals surface area contributed by atoms with Gasteiger partial charge in [-0.1, -0.05) is 18.2 Å². The molecule has 2 heterocycles. The molecule has 1 aromatic carbocycles. The fourth-order valence-corrected chi connectivity index (χ4v) is 3.35. The van der Waals surface area contributed by atoms with Crippen LogP contribution in [0, 0.1) is 5.92 Å². The summed E-state index contributed by atoms with van der Waals surface area (Å²) < 4.78 is 0. The molecule has 2 aliphatic rings. The number of nitrogens with zero attached hydrogens (tertiary/aromatic N) is 2. The van der Waals surface area contributed by atoms with Crippen molar-refractivity contribution in [3.05, 3.63) is 30.3 Å². The van der Waals surface area contributed by atoms with Crippen LogP contribution in [-0.4, -0.2) is 50.7 Å². The molecule has 2 aliphatic heterocycles. The van der Waals surface area contributed by atoms with E-state index < -0.39 is 0 Å². The highest BCUT2D eigenvalue weighted by Crippen LogP contribution is 2.23. The number of nitrogens with one attached hydrogen (secondary N) is 1. The van der Waals surface area contributed by atoms with Gasteiger partial charge in [-0.05, 0) is 30.9 Å². The second kappa shape index (κ2) is 6.40. The molecule has 2 fully saturated rings. The summed E-state index contributed by atoms with van der Waals surface area (Å²) in [6.45, 7) is 8.51. The lowest BCUT2D eigenvalue weighted by Gasteiger charge is -2.38. The average Bonchev–Trinajstić information content (AvgIpc) is 2.49. The van der Waals surface area contributed by atoms with E-state index >= 15 is 0 Å². The summed E-state index contributed by atoms with van der Waals surface area (Å²) in [5.41, 5.74) is 1.40. The van der Waals surface area contributed by atoms with Gasteiger partial charge in [-0.25, -0.2) is 0 Å². The Hall–Kier alpha value is -1.06. The molecule has 3 nitrogen and oxygen atoms in total. The zero-order valence-corrected chi connectivity index (χ0v) is 11.7. The number of para-hydroxylation sites is 1. The highest BCUT2D eigenvalue weighted by atomic mass is 15.2. The highest BCUT2D eigenvalue weighted by molar-refractivity contribution is 5.46. The van der Waals surface area contributed by atoms with Gasteiger partial charge in [0.15, 0.2) is 0 Å². The standard InChI is InChI=1S/C16H25N3/c1-2-6-16(7-3-1)19-10-4-5-15(14-19)13-18-11-8-17-9-12-18/h1-3,6-7,15,17H,4-5,8-14H2. The summed E-state index contributed by atoms with van der Waals surface area (Å²) in [7, 11) is 0. The van der Waals surface area contributed by atoms with Crippen LogP contribution in [0.5, 0.6) is 0 Å². The number of anilines is 1. The van der Waals surface area contributed by atoms with Crippen LogP contribution in [0.3, 0.4) is 0 Å². The Morgan fingerprint density at radius 2 is 1.84 bits per heavy atom. The molecule has 0 amide bonds. The van der Waals surface area contributed by atoms with Crippen LogP contribution in [0.4, 0.5) is 5.69 Å². The van der Waals surface area contributed by atoms with E-state index in [0.717, 1.165) is 19.0 Å². The van der Waals surface area contributed by atoms with Crippen molar-refractivity contribution < 1.29 is 0 Å². The monoisotopic (exact) mass is 259 g/mol. The summed E-state index contributed by atoms with van der Waals surface area (Å²) in [5.74, 6) is 0.840. The molecule has 3 rings (SSSR count). The molecule has 0 aliphatic carbocycles. The first-order valence-corrected chi connectivity index (χ1v) is 7.65. The second-order valence-electron chi connectivity index (χ2n) is 5.84. The number of rotatable bonds is 3. The highest BCUT2D eigenvalue weighted by Gasteiger charge is 2.22. The van der Waals surface area contributed by atoms with Gasteiger partial charge in [0.05, 0.1) is 0 Å². The van der Waals surface area contributed by atoms with Crippen LogP contribution in [-0.2, 0) is 0 Å². The predicted molar refractivity (Wildman–Crippen MR) is 80.7 cm³/mol. The van der Waals surface area contributed by atoms with Gasteiger partial charge >= 0.3 is 0 Å². The minimum atomic E-state index is 0.840. The molecule has 3 heteroatoms. The van der Waals surface area contributed by atoms with Crippen LogP contribution >= 0.6 is 0 Å². The van der Waals surface area contributed by atoms with Crippen molar-refractivity contribution in [1.82, 2.24) is 10.2 Å². The molecule has 1 atom stereocenters. The maximum absolute atomic E-state index is 3.43. The first-order valence-electron chi connectivity index (χ1n) is 7.65. The Morgan fingerprint density at radius 3 is 2.63 bits per heavy atom. The number of benzene rings is 1. The minimum Gasteiger partial charge on any atom is -0.371 e. The topological polar surface area (TPSA) is 18.5 Å². The molecule has 1 unspecified atom stereocenters. The minimum absolute atomic E-state index is 0.840. The molecular weight excluding hydrogens is 234 g/mol. The van der Waals surface area contributed by atoms with Crippen molar-refractivity contribution in [1.29, 1.82) is 0 Å². The Balaban J connectivity index is 1.55. The van der Waals surface area contributed by atoms with E-state index in [2.05, 4.69) is 45.4 Å². The average molecular weight is 259 g/mol. The summed E-state index contributed by atoms with van der Waals surface area (Å²) >= 11 is 0. The van der Waals surface area contributed by atoms with Crippen molar-refractivity contribution in [2.45, 2.75) is 12.8 Å². The summed E-state index contributed by atoms with van der Waals surface area (Å²) in [6, 6.07) is 10.9. The van der Waals surface area contributed by atoms with Crippen molar-refractivity contribution in [2.75, 3.05) is 50.7 Å². The van der Waals surface area contributed by atoms with Gasteiger partial charge in [-0.15, -0.1) is 0 Å². The molecule has 1 N–H and O–H groups in total. The quantitative estimate of drug-likeness (QED) is 0.893. The molecule has 104 valence electrons. The zero-order chi connectivity index (χ0) is 12.9. The number of hydrogen-bond acceptors (Lipinski definition) is 3. The Morgan fingerprint density at radius 1 is 1.05 bits per heavy atom. The van der Waals surface area contributed by atoms with Crippen molar-refractivity contribution >= 4 is 5.69 Å². The lowest BCUT2D eigenvalue weighted by Crippen LogP contribution is -2.48. The molecule has 1 aromatic rings. The number of piperidine rings is 1. The molecular formula is C16H25N3. The van der Waals surface area contributed by atoms with Crippen molar-refractivity contribution in [3.8, 4) is 0 Å². The van der Waals surface area contributed by atoms with Gasteiger partial charge in [0.25, 0.3) is 0 Å². The summed E-state index contributed by atoms with van der Waals surface area (Å²) in [5, 5.41) is 3.43. The molecule has 0 aromatic heterocycles. The Bertz CT molecular complexity index is 373. The van der Waals surface area contributed by atoms with Crippen molar-refractivity contribution in [2.24, 2.45) is 5.92 Å². The van der Waals surface area contributed by atoms with E-state index in [-0.39, 0.29) is 0 Å². The SMILES string of the molecule is c1ccc(N2CCCC(CN3CCNCC3)C2)cc1. The van der Waals surface area contributed by atoms with E-state index in [1.165, 1.54) is 51.3 Å². The first-order chi connectivity index (χ1) is 9.42. The largest absolute Gasteiger partial charge is 0.371 e. The third-order valence-corrected chi connectivity index (χ3v) is 4.37. The van der Waals surface area contributed by atoms with Crippen molar-refractivity contribution in [3.63, 3.8) is 0 Å². The van der Waals surface area contributed by atoms with Crippen LogP contribution in [0.1, 0.15) is 12.8 Å². The van der Waals surface area contributed by atoms with Gasteiger partial charge < -0.3 is 15.1 Å². The molecule has 19 heavy (non-hydrogen) atoms. The Kier molecular flexibility index (Phi) is 4.36. The van der Waals surface area contributed by atoms with Crippen LogP contribution in [0.2, 0.25) is 0 Å². The lowest BCUT2D eigenvalue weighted by atomic mass is 9.96. The van der Waals surface area contributed by atoms with Gasteiger partial charge in [0.1, 0.15) is 0 Å². The number of hydrogen-bond donors (Lipinski definition) is 1. The zero-order valence-electron chi connectivity index (χ0n) is 11.7. The van der Waals surface area contributed by atoms with E-state index in [9.17, 15) is 0 Å². The summed E-state index contributed by atoms with van der Waals surface area (Å²) in [4.78, 5) is 5.20. The van der Waals surface area contributed by atoms with Gasteiger partial charge in [-0.3, -0.25) is 0 Å². The van der Waals surface area contributed by atoms with E-state index in [1.54, 1.807) is 0 Å². The molecule has 0 bridgehead atoms. The lowest BCUT2D eigenvalue weighted by molar-refractivity contribution is 0.194. The first kappa shape index (κ1) is 12.9. The third kappa shape index (κ3) is 3.48. The predicted octanol–water partition coefficient (Wildman–Crippen LogP) is 1.81. The van der Waals surface area contributed by atoms with Gasteiger partial charge in [-0.2, -0.15) is 0 Å². The Labute approximate surface area is 116 Å². The van der Waals surface area contributed by atoms with Gasteiger partial charge in [0, 0.05) is 51.5 Å². The normalized spacial score (nSPS) is 25.5. The van der Waals surface area contributed by atoms with E-state index in [0.29, 0.717) is 0 Å². The smallest absolute Gasteiger partial charge is 0.0366 e. The fraction of sp³-hybridized carbons (Fsp3) is 0.625. The molecule has 0 spiro atoms. The van der Waals surface area contributed by atoms with Crippen LogP contribution in [0.15, 0.2) is 30.3 Å². The third-order valence-electron chi connectivity index (χ3n) is 4.37. The fourth-order valence-electron chi connectivity index (χ4n) is 3.35. The molecule has 0 radical (unpaired) electrons. The van der Waals surface area contributed by atoms with E-state index in [1.807, 2.05) is 0 Å². The summed E-state index contributed by atoms with van der Waals surface area (Å²) in [6.07, 6.45) is 2.74. The number of piperazine rings is 1. The molecule has 0 saturated carbocycles. The molecule has 2 saturated heterocycles. The van der Waals surface area contributed by atoms with Crippen LogP contribution in [0.25, 0.3) is 0 Å². The van der Waals surface area contributed by atoms with E-state index in [4.69, 9.17) is 0 Å².